The number of nitrogens with one attached hydrogen (secondary N) is 1. The minimum atomic E-state index is -0.565. The fraction of sp³-hybridized carbons (Fsp3) is 0.290. The van der Waals surface area contributed by atoms with Crippen LogP contribution in [0.4, 0.5) is 0 Å². The summed E-state index contributed by atoms with van der Waals surface area (Å²) in [4.78, 5) is 35.9. The maximum Gasteiger partial charge on any atom is 0.297 e. The Morgan fingerprint density at radius 1 is 1.20 bits per heavy atom. The van der Waals surface area contributed by atoms with E-state index in [2.05, 4.69) is 15.6 Å². The molecule has 1 aliphatic carbocycles. The number of carbonyl (C=O) groups excluding carboxylic acids is 1. The normalized spacial score (nSPS) is 14.0. The van der Waals surface area contributed by atoms with Crippen molar-refractivity contribution < 1.29 is 18.8 Å². The zero-order valence-corrected chi connectivity index (χ0v) is 22.9. The molecule has 1 fully saturated rings. The first-order valence-corrected chi connectivity index (χ1v) is 13.3. The van der Waals surface area contributed by atoms with Gasteiger partial charge in [-0.05, 0) is 87.6 Å². The lowest BCUT2D eigenvalue weighted by Gasteiger charge is -2.19. The molecule has 1 atom stereocenters. The zero-order valence-electron chi connectivity index (χ0n) is 22.9. The van der Waals surface area contributed by atoms with Crippen molar-refractivity contribution in [3.8, 4) is 17.1 Å². The summed E-state index contributed by atoms with van der Waals surface area (Å²) in [6, 6.07) is 13.0. The smallest absolute Gasteiger partial charge is 0.297 e. The molecular formula is C31H30N4O5. The predicted molar refractivity (Wildman–Crippen MR) is 151 cm³/mol. The van der Waals surface area contributed by atoms with Crippen molar-refractivity contribution >= 4 is 27.8 Å². The van der Waals surface area contributed by atoms with Gasteiger partial charge in [-0.3, -0.25) is 19.1 Å². The first-order chi connectivity index (χ1) is 19.3. The van der Waals surface area contributed by atoms with Gasteiger partial charge in [-0.2, -0.15) is 5.10 Å². The minimum Gasteiger partial charge on any atom is -0.483 e. The number of rotatable bonds is 8. The molecule has 6 rings (SSSR count). The van der Waals surface area contributed by atoms with E-state index in [4.69, 9.17) is 14.0 Å². The van der Waals surface area contributed by atoms with E-state index in [1.54, 1.807) is 23.7 Å². The van der Waals surface area contributed by atoms with Gasteiger partial charge in [-0.25, -0.2) is 10.5 Å². The Balaban J connectivity index is 1.37. The summed E-state index contributed by atoms with van der Waals surface area (Å²) in [6.07, 6.45) is 5.13. The van der Waals surface area contributed by atoms with Gasteiger partial charge < -0.3 is 9.15 Å². The average molecular weight is 539 g/mol. The molecule has 2 aromatic carbocycles. The lowest BCUT2D eigenvalue weighted by Crippen LogP contribution is -2.26. The second-order valence-corrected chi connectivity index (χ2v) is 10.5. The second kappa shape index (κ2) is 10.2. The molecule has 3 heterocycles. The number of hydrogen-bond acceptors (Lipinski definition) is 7. The summed E-state index contributed by atoms with van der Waals surface area (Å²) in [6.45, 7) is 6.04. The molecule has 40 heavy (non-hydrogen) atoms. The highest BCUT2D eigenvalue weighted by molar-refractivity contribution is 5.94. The molecule has 9 nitrogen and oxygen atoms in total. The molecule has 0 saturated heterocycles. The number of hydrogen-bond donors (Lipinski definition) is 1. The van der Waals surface area contributed by atoms with Gasteiger partial charge in [0.15, 0.2) is 16.9 Å². The van der Waals surface area contributed by atoms with E-state index < -0.39 is 12.0 Å². The van der Waals surface area contributed by atoms with Gasteiger partial charge >= 0.3 is 0 Å². The molecule has 1 N–H and O–H groups in total. The van der Waals surface area contributed by atoms with Crippen LogP contribution in [-0.4, -0.2) is 27.3 Å². The van der Waals surface area contributed by atoms with E-state index in [0.717, 1.165) is 34.9 Å². The largest absolute Gasteiger partial charge is 0.483 e. The van der Waals surface area contributed by atoms with E-state index in [1.165, 1.54) is 6.20 Å². The molecule has 0 radical (unpaired) electrons. The molecule has 3 aromatic heterocycles. The van der Waals surface area contributed by atoms with Crippen molar-refractivity contribution in [2.24, 2.45) is 13.0 Å². The number of hydroxylamine groups is 1. The minimum absolute atomic E-state index is 0.103. The average Bonchev–Trinajstić information content (AvgIpc) is 3.68. The Kier molecular flexibility index (Phi) is 6.59. The number of aryl methyl sites for hydroxylation is 2. The fourth-order valence-electron chi connectivity index (χ4n) is 4.90. The van der Waals surface area contributed by atoms with Crippen molar-refractivity contribution in [3.63, 3.8) is 0 Å². The first kappa shape index (κ1) is 25.8. The molecule has 5 aromatic rings. The number of fused-ring (bicyclic) bond motifs is 2. The van der Waals surface area contributed by atoms with E-state index in [9.17, 15) is 9.59 Å². The summed E-state index contributed by atoms with van der Waals surface area (Å²) in [7, 11) is 1.87. The lowest BCUT2D eigenvalue weighted by atomic mass is 9.99. The number of nitrogens with zero attached hydrogens (tertiary/aromatic N) is 3. The summed E-state index contributed by atoms with van der Waals surface area (Å²) >= 11 is 0. The van der Waals surface area contributed by atoms with E-state index >= 15 is 0 Å². The van der Waals surface area contributed by atoms with Crippen LogP contribution in [0, 0.1) is 19.8 Å². The van der Waals surface area contributed by atoms with Crippen molar-refractivity contribution in [3.05, 3.63) is 87.5 Å². The van der Waals surface area contributed by atoms with Crippen molar-refractivity contribution in [2.75, 3.05) is 6.61 Å². The predicted octanol–water partition coefficient (Wildman–Crippen LogP) is 5.57. The molecule has 1 amide bonds. The van der Waals surface area contributed by atoms with Crippen molar-refractivity contribution in [1.82, 2.24) is 20.2 Å². The van der Waals surface area contributed by atoms with Crippen LogP contribution in [-0.2, 0) is 11.9 Å². The molecule has 1 aliphatic rings. The Labute approximate surface area is 230 Å². The number of ether oxygens (including phenoxy) is 1. The number of benzene rings is 2. The lowest BCUT2D eigenvalue weighted by molar-refractivity contribution is 0.0262. The number of pyridine rings is 1. The summed E-state index contributed by atoms with van der Waals surface area (Å²) < 4.78 is 14.5. The number of amides is 1. The van der Waals surface area contributed by atoms with Crippen LogP contribution in [0.5, 0.6) is 5.75 Å². The van der Waals surface area contributed by atoms with Crippen molar-refractivity contribution in [2.45, 2.75) is 39.7 Å². The molecule has 0 bridgehead atoms. The standard InChI is InChI=1S/C31H30N4O5/c1-17-12-23(19(3)39-26-6-5-11-32-27(26)31(37)34-38-16-20-7-8-20)30-24(13-17)28(36)18(2)29(40-30)21-9-10-25-22(14-21)15-35(4)33-25/h5-6,9-15,19-20H,7-8,16H2,1-4H3,(H,34,37)/t19-/m1/s1. The molecular weight excluding hydrogens is 508 g/mol. The van der Waals surface area contributed by atoms with E-state index in [-0.39, 0.29) is 11.1 Å². The first-order valence-electron chi connectivity index (χ1n) is 13.3. The maximum absolute atomic E-state index is 13.6. The number of aromatic nitrogens is 3. The highest BCUT2D eigenvalue weighted by Gasteiger charge is 2.24. The van der Waals surface area contributed by atoms with Gasteiger partial charge in [0.1, 0.15) is 17.4 Å². The third kappa shape index (κ3) is 4.96. The maximum atomic E-state index is 13.6. The van der Waals surface area contributed by atoms with Crippen molar-refractivity contribution in [1.29, 1.82) is 0 Å². The van der Waals surface area contributed by atoms with Crippen LogP contribution in [0.1, 0.15) is 53.0 Å². The molecule has 9 heteroatoms. The monoisotopic (exact) mass is 538 g/mol. The van der Waals surface area contributed by atoms with Gasteiger partial charge in [0.25, 0.3) is 5.91 Å². The van der Waals surface area contributed by atoms with Crippen LogP contribution < -0.4 is 15.6 Å². The molecule has 0 spiro atoms. The SMILES string of the molecule is Cc1cc([C@@H](C)Oc2cccnc2C(=O)NOCC2CC2)c2oc(-c3ccc4nn(C)cc4c3)c(C)c(=O)c2c1. The van der Waals surface area contributed by atoms with Crippen LogP contribution in [0.25, 0.3) is 33.2 Å². The Morgan fingerprint density at radius 2 is 2.02 bits per heavy atom. The highest BCUT2D eigenvalue weighted by atomic mass is 16.7. The molecule has 204 valence electrons. The third-order valence-corrected chi connectivity index (χ3v) is 7.18. The highest BCUT2D eigenvalue weighted by Crippen LogP contribution is 2.34. The van der Waals surface area contributed by atoms with Crippen LogP contribution in [0.2, 0.25) is 0 Å². The van der Waals surface area contributed by atoms with Crippen LogP contribution in [0.3, 0.4) is 0 Å². The molecule has 0 aliphatic heterocycles. The van der Waals surface area contributed by atoms with Gasteiger partial charge in [-0.15, -0.1) is 0 Å². The summed E-state index contributed by atoms with van der Waals surface area (Å²) in [5.41, 5.74) is 6.68. The second-order valence-electron chi connectivity index (χ2n) is 10.5. The van der Waals surface area contributed by atoms with Gasteiger partial charge in [0.05, 0.1) is 17.5 Å². The number of carbonyl (C=O) groups is 1. The Morgan fingerprint density at radius 3 is 2.83 bits per heavy atom. The zero-order chi connectivity index (χ0) is 28.0. The van der Waals surface area contributed by atoms with Crippen LogP contribution >= 0.6 is 0 Å². The third-order valence-electron chi connectivity index (χ3n) is 7.18. The Hall–Kier alpha value is -4.50. The van der Waals surface area contributed by atoms with Gasteiger partial charge in [0, 0.05) is 41.5 Å². The Bertz CT molecular complexity index is 1820. The van der Waals surface area contributed by atoms with Crippen LogP contribution in [0.15, 0.2) is 64.1 Å². The quantitative estimate of drug-likeness (QED) is 0.257. The molecule has 0 unspecified atom stereocenters. The topological polar surface area (TPSA) is 108 Å². The van der Waals surface area contributed by atoms with Gasteiger partial charge in [-0.1, -0.05) is 0 Å². The van der Waals surface area contributed by atoms with E-state index in [1.807, 2.05) is 57.4 Å². The fourth-order valence-corrected chi connectivity index (χ4v) is 4.90. The summed E-state index contributed by atoms with van der Waals surface area (Å²) in [5.74, 6) is 0.820. The summed E-state index contributed by atoms with van der Waals surface area (Å²) in [5, 5.41) is 5.87. The molecule has 1 saturated carbocycles. The van der Waals surface area contributed by atoms with E-state index in [0.29, 0.717) is 46.1 Å². The van der Waals surface area contributed by atoms with Gasteiger partial charge in [0.2, 0.25) is 0 Å².